The molecule has 0 aromatic heterocycles. The van der Waals surface area contributed by atoms with Crippen LogP contribution < -0.4 is 10.6 Å². The Labute approximate surface area is 199 Å². The fraction of sp³-hybridized carbons (Fsp3) is 0.625. The van der Waals surface area contributed by atoms with Crippen molar-refractivity contribution in [1.82, 2.24) is 15.5 Å². The van der Waals surface area contributed by atoms with Gasteiger partial charge in [-0.25, -0.2) is 0 Å². The molecule has 0 amide bonds. The molecule has 5 nitrogen and oxygen atoms in total. The lowest BCUT2D eigenvalue weighted by atomic mass is 9.89. The van der Waals surface area contributed by atoms with Crippen LogP contribution in [0.2, 0.25) is 0 Å². The highest BCUT2D eigenvalue weighted by atomic mass is 127. The molecule has 1 aliphatic heterocycles. The molecule has 0 spiro atoms. The Morgan fingerprint density at radius 1 is 1.23 bits per heavy atom. The number of guanidine groups is 1. The van der Waals surface area contributed by atoms with E-state index in [0.717, 1.165) is 64.4 Å². The molecule has 168 valence electrons. The van der Waals surface area contributed by atoms with Crippen LogP contribution >= 0.6 is 24.0 Å². The monoisotopic (exact) mass is 526 g/mol. The average molecular weight is 527 g/mol. The minimum atomic E-state index is 0. The first-order chi connectivity index (χ1) is 14.2. The van der Waals surface area contributed by atoms with Crippen LogP contribution in [0, 0.1) is 0 Å². The minimum absolute atomic E-state index is 0. The standard InChI is InChI=1S/C24H38N4O.HI/c1-19(2)18-28-15-12-21(13-16-28)27-24(25-3)26-14-7-17-29-23-11-6-9-20-8-4-5-10-22(20)23;/h4-5,8,10,21,23H,1,6-7,9,11-18H2,2-3H3,(H2,25,26,27);1H. The molecular weight excluding hydrogens is 487 g/mol. The molecule has 1 unspecified atom stereocenters. The molecule has 1 atom stereocenters. The number of nitrogens with one attached hydrogen (secondary N) is 2. The fourth-order valence-corrected chi connectivity index (χ4v) is 4.39. The summed E-state index contributed by atoms with van der Waals surface area (Å²) in [6, 6.07) is 9.22. The maximum absolute atomic E-state index is 6.21. The van der Waals surface area contributed by atoms with E-state index in [1.807, 2.05) is 7.05 Å². The number of likely N-dealkylation sites (tertiary alicyclic amines) is 1. The summed E-state index contributed by atoms with van der Waals surface area (Å²) in [5, 5.41) is 7.03. The third-order valence-electron chi connectivity index (χ3n) is 5.89. The van der Waals surface area contributed by atoms with Crippen LogP contribution in [0.1, 0.15) is 56.3 Å². The van der Waals surface area contributed by atoms with E-state index in [0.29, 0.717) is 6.04 Å². The summed E-state index contributed by atoms with van der Waals surface area (Å²) in [7, 11) is 1.85. The molecule has 6 heteroatoms. The van der Waals surface area contributed by atoms with E-state index in [1.54, 1.807) is 0 Å². The van der Waals surface area contributed by atoms with Gasteiger partial charge in [0.15, 0.2) is 5.96 Å². The summed E-state index contributed by atoms with van der Waals surface area (Å²) < 4.78 is 6.21. The van der Waals surface area contributed by atoms with Crippen molar-refractivity contribution in [2.45, 2.75) is 57.6 Å². The number of rotatable bonds is 8. The van der Waals surface area contributed by atoms with Crippen molar-refractivity contribution in [2.75, 3.05) is 39.8 Å². The predicted molar refractivity (Wildman–Crippen MR) is 137 cm³/mol. The van der Waals surface area contributed by atoms with Crippen LogP contribution in [0.15, 0.2) is 41.4 Å². The normalized spacial score (nSPS) is 20.2. The van der Waals surface area contributed by atoms with Gasteiger partial charge in [-0.3, -0.25) is 9.89 Å². The molecule has 1 aromatic carbocycles. The largest absolute Gasteiger partial charge is 0.373 e. The van der Waals surface area contributed by atoms with Crippen molar-refractivity contribution in [3.8, 4) is 0 Å². The second-order valence-corrected chi connectivity index (χ2v) is 8.45. The lowest BCUT2D eigenvalue weighted by Crippen LogP contribution is -2.49. The van der Waals surface area contributed by atoms with Crippen molar-refractivity contribution in [3.63, 3.8) is 0 Å². The Bertz CT molecular complexity index is 686. The number of benzene rings is 1. The molecule has 1 fully saturated rings. The van der Waals surface area contributed by atoms with Gasteiger partial charge in [-0.15, -0.1) is 24.0 Å². The minimum Gasteiger partial charge on any atom is -0.373 e. The zero-order valence-electron chi connectivity index (χ0n) is 18.7. The lowest BCUT2D eigenvalue weighted by Gasteiger charge is -2.33. The summed E-state index contributed by atoms with van der Waals surface area (Å²) in [5.41, 5.74) is 4.09. The van der Waals surface area contributed by atoms with Crippen molar-refractivity contribution < 1.29 is 4.74 Å². The molecule has 3 rings (SSSR count). The van der Waals surface area contributed by atoms with E-state index in [4.69, 9.17) is 4.74 Å². The Hall–Kier alpha value is -1.12. The first-order valence-electron chi connectivity index (χ1n) is 11.2. The molecule has 0 bridgehead atoms. The number of aliphatic imine (C=N–C) groups is 1. The van der Waals surface area contributed by atoms with Crippen molar-refractivity contribution in [1.29, 1.82) is 0 Å². The molecule has 0 radical (unpaired) electrons. The first-order valence-corrected chi connectivity index (χ1v) is 11.2. The number of halogens is 1. The van der Waals surface area contributed by atoms with Crippen LogP contribution in [0.5, 0.6) is 0 Å². The number of piperidine rings is 1. The van der Waals surface area contributed by atoms with Crippen LogP contribution in [0.3, 0.4) is 0 Å². The molecule has 1 saturated heterocycles. The van der Waals surface area contributed by atoms with Crippen molar-refractivity contribution in [3.05, 3.63) is 47.5 Å². The summed E-state index contributed by atoms with van der Waals surface area (Å²) in [4.78, 5) is 6.88. The van der Waals surface area contributed by atoms with E-state index in [-0.39, 0.29) is 30.1 Å². The first kappa shape index (κ1) is 25.1. The van der Waals surface area contributed by atoms with E-state index >= 15 is 0 Å². The molecule has 1 heterocycles. The van der Waals surface area contributed by atoms with Crippen LogP contribution in [0.4, 0.5) is 0 Å². The zero-order valence-corrected chi connectivity index (χ0v) is 21.0. The number of ether oxygens (including phenoxy) is 1. The van der Waals surface area contributed by atoms with E-state index < -0.39 is 0 Å². The highest BCUT2D eigenvalue weighted by molar-refractivity contribution is 14.0. The van der Waals surface area contributed by atoms with Crippen LogP contribution in [-0.2, 0) is 11.2 Å². The van der Waals surface area contributed by atoms with Gasteiger partial charge in [0, 0.05) is 45.9 Å². The van der Waals surface area contributed by atoms with Gasteiger partial charge in [0.25, 0.3) is 0 Å². The molecule has 2 N–H and O–H groups in total. The quantitative estimate of drug-likeness (QED) is 0.175. The number of hydrogen-bond donors (Lipinski definition) is 2. The molecule has 0 saturated carbocycles. The molecular formula is C24H39IN4O. The Kier molecular flexibility index (Phi) is 11.2. The zero-order chi connectivity index (χ0) is 20.5. The third-order valence-corrected chi connectivity index (χ3v) is 5.89. The van der Waals surface area contributed by atoms with Gasteiger partial charge in [-0.2, -0.15) is 0 Å². The van der Waals surface area contributed by atoms with Gasteiger partial charge in [0.1, 0.15) is 0 Å². The summed E-state index contributed by atoms with van der Waals surface area (Å²) in [5.74, 6) is 0.909. The highest BCUT2D eigenvalue weighted by Gasteiger charge is 2.21. The van der Waals surface area contributed by atoms with E-state index in [2.05, 4.69) is 58.3 Å². The number of aryl methyl sites for hydroxylation is 1. The number of hydrogen-bond acceptors (Lipinski definition) is 3. The fourth-order valence-electron chi connectivity index (χ4n) is 4.39. The Morgan fingerprint density at radius 3 is 2.73 bits per heavy atom. The molecule has 30 heavy (non-hydrogen) atoms. The van der Waals surface area contributed by atoms with Gasteiger partial charge in [0.05, 0.1) is 6.10 Å². The van der Waals surface area contributed by atoms with Crippen LogP contribution in [-0.4, -0.2) is 56.7 Å². The van der Waals surface area contributed by atoms with Gasteiger partial charge in [-0.05, 0) is 56.6 Å². The average Bonchev–Trinajstić information content (AvgIpc) is 2.73. The Morgan fingerprint density at radius 2 is 2.00 bits per heavy atom. The summed E-state index contributed by atoms with van der Waals surface area (Å²) >= 11 is 0. The lowest BCUT2D eigenvalue weighted by molar-refractivity contribution is 0.0398. The Balaban J connectivity index is 0.00000320. The number of fused-ring (bicyclic) bond motifs is 1. The summed E-state index contributed by atoms with van der Waals surface area (Å²) in [6.45, 7) is 11.1. The highest BCUT2D eigenvalue weighted by Crippen LogP contribution is 2.32. The van der Waals surface area contributed by atoms with Crippen LogP contribution in [0.25, 0.3) is 0 Å². The van der Waals surface area contributed by atoms with Gasteiger partial charge >= 0.3 is 0 Å². The maximum Gasteiger partial charge on any atom is 0.191 e. The molecule has 1 aliphatic carbocycles. The van der Waals surface area contributed by atoms with E-state index in [1.165, 1.54) is 29.5 Å². The molecule has 1 aromatic rings. The predicted octanol–water partition coefficient (Wildman–Crippen LogP) is 4.29. The second kappa shape index (κ2) is 13.3. The van der Waals surface area contributed by atoms with Gasteiger partial charge < -0.3 is 15.4 Å². The van der Waals surface area contributed by atoms with Crippen molar-refractivity contribution in [2.24, 2.45) is 4.99 Å². The third kappa shape index (κ3) is 7.85. The van der Waals surface area contributed by atoms with Crippen molar-refractivity contribution >= 4 is 29.9 Å². The van der Waals surface area contributed by atoms with E-state index in [9.17, 15) is 0 Å². The second-order valence-electron chi connectivity index (χ2n) is 8.45. The number of nitrogens with zero attached hydrogens (tertiary/aromatic N) is 2. The topological polar surface area (TPSA) is 48.9 Å². The maximum atomic E-state index is 6.21. The molecule has 2 aliphatic rings. The van der Waals surface area contributed by atoms with Gasteiger partial charge in [-0.1, -0.05) is 36.4 Å². The summed E-state index contributed by atoms with van der Waals surface area (Å²) in [6.07, 6.45) is 7.10. The smallest absolute Gasteiger partial charge is 0.191 e. The van der Waals surface area contributed by atoms with Gasteiger partial charge in [0.2, 0.25) is 0 Å². The SMILES string of the molecule is C=C(C)CN1CCC(NC(=NC)NCCCOC2CCCc3ccccc32)CC1.I.